The number of aryl methyl sites for hydroxylation is 1. The van der Waals surface area contributed by atoms with E-state index >= 15 is 0 Å². The zero-order chi connectivity index (χ0) is 22.1. The minimum Gasteiger partial charge on any atom is -0.324 e. The number of rotatable bonds is 6. The number of hydrogen-bond acceptors (Lipinski definition) is 5. The van der Waals surface area contributed by atoms with Crippen LogP contribution in [0.2, 0.25) is 5.02 Å². The molecule has 1 aliphatic rings. The van der Waals surface area contributed by atoms with E-state index in [4.69, 9.17) is 11.6 Å². The number of hydrogen-bond donors (Lipinski definition) is 2. The van der Waals surface area contributed by atoms with Gasteiger partial charge >= 0.3 is 0 Å². The normalized spacial score (nSPS) is 15.6. The van der Waals surface area contributed by atoms with Crippen molar-refractivity contribution in [1.82, 2.24) is 19.3 Å². The summed E-state index contributed by atoms with van der Waals surface area (Å²) in [5.74, 6) is 0.401. The summed E-state index contributed by atoms with van der Waals surface area (Å²) in [4.78, 5) is 22.6. The number of nitrogens with one attached hydrogen (secondary N) is 2. The van der Waals surface area contributed by atoms with Gasteiger partial charge in [-0.25, -0.2) is 13.9 Å². The first-order valence-corrected chi connectivity index (χ1v) is 12.0. The van der Waals surface area contributed by atoms with Crippen LogP contribution in [0.15, 0.2) is 40.2 Å². The van der Waals surface area contributed by atoms with Gasteiger partial charge in [0.05, 0.1) is 4.90 Å². The molecule has 1 aromatic carbocycles. The van der Waals surface area contributed by atoms with E-state index in [1.165, 1.54) is 0 Å². The van der Waals surface area contributed by atoms with Crippen molar-refractivity contribution < 1.29 is 4.21 Å². The molecular weight excluding hydrogens is 434 g/mol. The fourth-order valence-electron chi connectivity index (χ4n) is 3.94. The summed E-state index contributed by atoms with van der Waals surface area (Å²) in [5.41, 5.74) is 2.12. The predicted octanol–water partition coefficient (Wildman–Crippen LogP) is 4.63. The quantitative estimate of drug-likeness (QED) is 0.560. The summed E-state index contributed by atoms with van der Waals surface area (Å²) in [6.45, 7) is 5.85. The Morgan fingerprint density at radius 1 is 1.23 bits per heavy atom. The molecule has 1 unspecified atom stereocenters. The molecule has 2 heterocycles. The highest BCUT2D eigenvalue weighted by molar-refractivity contribution is 7.83. The van der Waals surface area contributed by atoms with E-state index in [2.05, 4.69) is 20.0 Å². The summed E-state index contributed by atoms with van der Waals surface area (Å²) in [6, 6.07) is 7.42. The molecule has 1 aliphatic carbocycles. The smallest absolute Gasteiger partial charge is 0.271 e. The molecule has 2 aromatic heterocycles. The molecule has 3 aromatic rings. The predicted molar refractivity (Wildman–Crippen MR) is 125 cm³/mol. The molecule has 9 heteroatoms. The van der Waals surface area contributed by atoms with Crippen molar-refractivity contribution >= 4 is 45.3 Å². The molecule has 4 rings (SSSR count). The minimum atomic E-state index is -1.27. The van der Waals surface area contributed by atoms with Gasteiger partial charge in [-0.1, -0.05) is 24.4 Å². The van der Waals surface area contributed by atoms with Crippen LogP contribution in [0.3, 0.4) is 0 Å². The summed E-state index contributed by atoms with van der Waals surface area (Å²) in [7, 11) is -1.27. The van der Waals surface area contributed by atoms with Gasteiger partial charge in [0, 0.05) is 29.4 Å². The largest absolute Gasteiger partial charge is 0.324 e. The molecule has 0 bridgehead atoms. The maximum Gasteiger partial charge on any atom is 0.271 e. The maximum atomic E-state index is 12.8. The molecule has 0 amide bonds. The van der Waals surface area contributed by atoms with Crippen LogP contribution in [0.4, 0.5) is 11.6 Å². The standard InChI is InChI=1S/C22H26ClN5O2S/c1-13(2)27-31(30)17-8-9-19(14(3)10-17)25-22-24-12-15-11-18(23)21(29)28(20(15)26-22)16-6-4-5-7-16/h8-13,16,27H,4-7H2,1-3H3,(H,24,25,26). The first kappa shape index (κ1) is 21.9. The Morgan fingerprint density at radius 3 is 2.65 bits per heavy atom. The Balaban J connectivity index is 1.68. The number of benzene rings is 1. The first-order chi connectivity index (χ1) is 14.8. The monoisotopic (exact) mass is 459 g/mol. The van der Waals surface area contributed by atoms with E-state index in [1.54, 1.807) is 16.8 Å². The lowest BCUT2D eigenvalue weighted by atomic mass is 10.2. The molecule has 0 saturated heterocycles. The van der Waals surface area contributed by atoms with Gasteiger partial charge in [0.1, 0.15) is 21.7 Å². The third-order valence-electron chi connectivity index (χ3n) is 5.42. The summed E-state index contributed by atoms with van der Waals surface area (Å²) in [6.07, 6.45) is 5.78. The number of aromatic nitrogens is 3. The summed E-state index contributed by atoms with van der Waals surface area (Å²) < 4.78 is 17.1. The van der Waals surface area contributed by atoms with E-state index in [0.29, 0.717) is 16.5 Å². The van der Waals surface area contributed by atoms with Crippen molar-refractivity contribution in [2.45, 2.75) is 63.4 Å². The van der Waals surface area contributed by atoms with Crippen molar-refractivity contribution in [3.8, 4) is 0 Å². The lowest BCUT2D eigenvalue weighted by Gasteiger charge is -2.17. The molecule has 7 nitrogen and oxygen atoms in total. The summed E-state index contributed by atoms with van der Waals surface area (Å²) in [5, 5.41) is 4.17. The van der Waals surface area contributed by atoms with E-state index < -0.39 is 11.0 Å². The number of halogens is 1. The van der Waals surface area contributed by atoms with Crippen LogP contribution in [-0.4, -0.2) is 24.8 Å². The molecule has 0 radical (unpaired) electrons. The second-order valence-corrected chi connectivity index (χ2v) is 9.87. The maximum absolute atomic E-state index is 12.8. The number of fused-ring (bicyclic) bond motifs is 1. The number of pyridine rings is 1. The third kappa shape index (κ3) is 4.66. The molecule has 164 valence electrons. The molecular formula is C22H26ClN5O2S. The van der Waals surface area contributed by atoms with Crippen LogP contribution in [0, 0.1) is 6.92 Å². The van der Waals surface area contributed by atoms with E-state index in [-0.39, 0.29) is 22.7 Å². The van der Waals surface area contributed by atoms with Gasteiger partial charge in [-0.15, -0.1) is 0 Å². The van der Waals surface area contributed by atoms with Crippen molar-refractivity contribution in [2.24, 2.45) is 0 Å². The minimum absolute atomic E-state index is 0.112. The molecule has 31 heavy (non-hydrogen) atoms. The van der Waals surface area contributed by atoms with Crippen LogP contribution in [0.1, 0.15) is 51.1 Å². The van der Waals surface area contributed by atoms with Gasteiger partial charge in [0.15, 0.2) is 0 Å². The SMILES string of the molecule is Cc1cc(S(=O)NC(C)C)ccc1Nc1ncc2cc(Cl)c(=O)n(C3CCCC3)c2n1. The lowest BCUT2D eigenvalue weighted by Crippen LogP contribution is -2.25. The van der Waals surface area contributed by atoms with Crippen molar-refractivity contribution in [2.75, 3.05) is 5.32 Å². The van der Waals surface area contributed by atoms with Crippen LogP contribution in [0.5, 0.6) is 0 Å². The van der Waals surface area contributed by atoms with Gasteiger partial charge in [-0.2, -0.15) is 4.98 Å². The summed E-state index contributed by atoms with van der Waals surface area (Å²) >= 11 is 6.20. The van der Waals surface area contributed by atoms with Gasteiger partial charge in [0.25, 0.3) is 5.56 Å². The van der Waals surface area contributed by atoms with Gasteiger partial charge < -0.3 is 5.32 Å². The number of anilines is 2. The topological polar surface area (TPSA) is 88.9 Å². The van der Waals surface area contributed by atoms with Gasteiger partial charge in [-0.05, 0) is 63.4 Å². The van der Waals surface area contributed by atoms with Crippen molar-refractivity contribution in [1.29, 1.82) is 0 Å². The van der Waals surface area contributed by atoms with E-state index in [1.807, 2.05) is 39.0 Å². The Hall–Kier alpha value is -2.29. The van der Waals surface area contributed by atoms with E-state index in [9.17, 15) is 9.00 Å². The lowest BCUT2D eigenvalue weighted by molar-refractivity contribution is 0.516. The average Bonchev–Trinajstić information content (AvgIpc) is 3.24. The average molecular weight is 460 g/mol. The second-order valence-electron chi connectivity index (χ2n) is 8.22. The molecule has 1 fully saturated rings. The van der Waals surface area contributed by atoms with Crippen LogP contribution < -0.4 is 15.6 Å². The Kier molecular flexibility index (Phi) is 6.41. The molecule has 0 aliphatic heterocycles. The second kappa shape index (κ2) is 9.06. The molecule has 0 spiro atoms. The first-order valence-electron chi connectivity index (χ1n) is 10.5. The molecule has 1 saturated carbocycles. The van der Waals surface area contributed by atoms with Gasteiger partial charge in [0.2, 0.25) is 5.95 Å². The van der Waals surface area contributed by atoms with E-state index in [0.717, 1.165) is 42.3 Å². The zero-order valence-electron chi connectivity index (χ0n) is 17.8. The Labute approximate surface area is 188 Å². The fourth-order valence-corrected chi connectivity index (χ4v) is 5.19. The van der Waals surface area contributed by atoms with Crippen molar-refractivity contribution in [3.05, 3.63) is 51.4 Å². The van der Waals surface area contributed by atoms with Gasteiger partial charge in [-0.3, -0.25) is 9.36 Å². The highest BCUT2D eigenvalue weighted by atomic mass is 35.5. The Morgan fingerprint density at radius 2 is 1.97 bits per heavy atom. The molecule has 1 atom stereocenters. The van der Waals surface area contributed by atoms with Crippen LogP contribution in [0.25, 0.3) is 11.0 Å². The number of nitrogens with zero attached hydrogens (tertiary/aromatic N) is 3. The van der Waals surface area contributed by atoms with Crippen LogP contribution >= 0.6 is 11.6 Å². The highest BCUT2D eigenvalue weighted by Gasteiger charge is 2.22. The highest BCUT2D eigenvalue weighted by Crippen LogP contribution is 2.31. The fraction of sp³-hybridized carbons (Fsp3) is 0.409. The zero-order valence-corrected chi connectivity index (χ0v) is 19.4. The Bertz CT molecular complexity index is 1200. The third-order valence-corrected chi connectivity index (χ3v) is 7.06. The molecule has 2 N–H and O–H groups in total. The van der Waals surface area contributed by atoms with Crippen molar-refractivity contribution in [3.63, 3.8) is 0 Å². The van der Waals surface area contributed by atoms with Crippen LogP contribution in [-0.2, 0) is 11.0 Å².